The van der Waals surface area contributed by atoms with Gasteiger partial charge in [0.05, 0.1) is 21.8 Å². The molecule has 4 aromatic rings. The molecule has 0 aliphatic heterocycles. The van der Waals surface area contributed by atoms with E-state index in [-0.39, 0.29) is 6.61 Å². The normalized spacial score (nSPS) is 11.9. The Morgan fingerprint density at radius 1 is 1.03 bits per heavy atom. The van der Waals surface area contributed by atoms with Gasteiger partial charge in [0.15, 0.2) is 13.2 Å². The summed E-state index contributed by atoms with van der Waals surface area (Å²) in [5, 5.41) is 13.9. The van der Waals surface area contributed by atoms with Crippen molar-refractivity contribution in [2.75, 3.05) is 6.61 Å². The molecule has 39 heavy (non-hydrogen) atoms. The lowest BCUT2D eigenvalue weighted by atomic mass is 10.0. The molecule has 0 unspecified atom stereocenters. The number of aliphatic carboxylic acids is 1. The Balaban J connectivity index is 1.53. The van der Waals surface area contributed by atoms with Crippen LogP contribution < -0.4 is 4.74 Å². The van der Waals surface area contributed by atoms with E-state index in [1.807, 2.05) is 50.2 Å². The van der Waals surface area contributed by atoms with Gasteiger partial charge in [0.25, 0.3) is 0 Å². The molecule has 1 heterocycles. The number of oxime groups is 1. The first-order valence-corrected chi connectivity index (χ1v) is 12.7. The highest BCUT2D eigenvalue weighted by Crippen LogP contribution is 2.33. The zero-order chi connectivity index (χ0) is 28.0. The Morgan fingerprint density at radius 3 is 2.38 bits per heavy atom. The molecule has 0 saturated carbocycles. The predicted octanol–water partition coefficient (Wildman–Crippen LogP) is 7.07. The SMILES string of the molecule is Cc1cc(C(Cc2ccccc2)=NOCc2sc(-c3ccc(C(F)(F)F)cc3)nc2C)ccc1OCC(=O)O. The lowest BCUT2D eigenvalue weighted by Gasteiger charge is -2.11. The molecule has 0 bridgehead atoms. The first-order chi connectivity index (χ1) is 18.6. The van der Waals surface area contributed by atoms with E-state index in [1.165, 1.54) is 23.5 Å². The fourth-order valence-electron chi connectivity index (χ4n) is 3.76. The lowest BCUT2D eigenvalue weighted by molar-refractivity contribution is -0.139. The molecular formula is C29H25F3N2O4S. The number of carboxylic acids is 1. The number of thiazole rings is 1. The summed E-state index contributed by atoms with van der Waals surface area (Å²) in [5.74, 6) is -0.588. The van der Waals surface area contributed by atoms with Crippen LogP contribution in [-0.4, -0.2) is 28.4 Å². The van der Waals surface area contributed by atoms with Gasteiger partial charge in [-0.1, -0.05) is 47.6 Å². The predicted molar refractivity (Wildman–Crippen MR) is 143 cm³/mol. The lowest BCUT2D eigenvalue weighted by Crippen LogP contribution is -2.11. The van der Waals surface area contributed by atoms with Gasteiger partial charge in [-0.25, -0.2) is 9.78 Å². The van der Waals surface area contributed by atoms with Crippen molar-refractivity contribution in [2.24, 2.45) is 5.16 Å². The Hall–Kier alpha value is -4.18. The maximum Gasteiger partial charge on any atom is 0.416 e. The highest BCUT2D eigenvalue weighted by Gasteiger charge is 2.30. The maximum atomic E-state index is 12.9. The zero-order valence-corrected chi connectivity index (χ0v) is 22.0. The number of aromatic nitrogens is 1. The minimum absolute atomic E-state index is 0.140. The summed E-state index contributed by atoms with van der Waals surface area (Å²) in [6.07, 6.45) is -3.90. The third-order valence-corrected chi connectivity index (χ3v) is 6.98. The van der Waals surface area contributed by atoms with Crippen molar-refractivity contribution >= 4 is 23.0 Å². The summed E-state index contributed by atoms with van der Waals surface area (Å²) < 4.78 is 44.0. The molecule has 0 atom stereocenters. The fourth-order valence-corrected chi connectivity index (χ4v) is 4.74. The molecule has 1 aromatic heterocycles. The molecule has 0 spiro atoms. The van der Waals surface area contributed by atoms with E-state index in [1.54, 1.807) is 12.1 Å². The Morgan fingerprint density at radius 2 is 1.74 bits per heavy atom. The van der Waals surface area contributed by atoms with Crippen molar-refractivity contribution in [3.63, 3.8) is 0 Å². The summed E-state index contributed by atoms with van der Waals surface area (Å²) in [4.78, 5) is 21.9. The minimum atomic E-state index is -4.39. The molecule has 0 saturated heterocycles. The molecule has 4 rings (SSSR count). The van der Waals surface area contributed by atoms with Gasteiger partial charge in [-0.3, -0.25) is 0 Å². The van der Waals surface area contributed by atoms with Crippen molar-refractivity contribution in [2.45, 2.75) is 33.1 Å². The third kappa shape index (κ3) is 7.44. The minimum Gasteiger partial charge on any atom is -0.482 e. The number of rotatable bonds is 10. The quantitative estimate of drug-likeness (QED) is 0.167. The van der Waals surface area contributed by atoms with Gasteiger partial charge in [0.2, 0.25) is 0 Å². The van der Waals surface area contributed by atoms with Crippen molar-refractivity contribution < 1.29 is 32.6 Å². The van der Waals surface area contributed by atoms with E-state index >= 15 is 0 Å². The molecule has 0 amide bonds. The zero-order valence-electron chi connectivity index (χ0n) is 21.2. The van der Waals surface area contributed by atoms with Crippen LogP contribution in [0, 0.1) is 13.8 Å². The second kappa shape index (κ2) is 12.1. The van der Waals surface area contributed by atoms with Crippen LogP contribution in [0.25, 0.3) is 10.6 Å². The number of ether oxygens (including phenoxy) is 1. The summed E-state index contributed by atoms with van der Waals surface area (Å²) in [7, 11) is 0. The van der Waals surface area contributed by atoms with Crippen LogP contribution in [0.1, 0.15) is 32.8 Å². The number of nitrogens with zero attached hydrogens (tertiary/aromatic N) is 2. The smallest absolute Gasteiger partial charge is 0.416 e. The highest BCUT2D eigenvalue weighted by atomic mass is 32.1. The van der Waals surface area contributed by atoms with Crippen molar-refractivity contribution in [3.05, 3.63) is 106 Å². The van der Waals surface area contributed by atoms with E-state index in [0.29, 0.717) is 34.1 Å². The van der Waals surface area contributed by atoms with Crippen LogP contribution in [0.4, 0.5) is 13.2 Å². The molecule has 10 heteroatoms. The monoisotopic (exact) mass is 554 g/mol. The molecule has 0 aliphatic carbocycles. The Kier molecular flexibility index (Phi) is 8.65. The summed E-state index contributed by atoms with van der Waals surface area (Å²) in [6, 6.07) is 20.0. The van der Waals surface area contributed by atoms with Gasteiger partial charge < -0.3 is 14.7 Å². The van der Waals surface area contributed by atoms with E-state index in [0.717, 1.165) is 33.7 Å². The molecule has 6 nitrogen and oxygen atoms in total. The van der Waals surface area contributed by atoms with Crippen LogP contribution in [-0.2, 0) is 28.8 Å². The number of hydrogen-bond acceptors (Lipinski definition) is 6. The number of halogens is 3. The summed E-state index contributed by atoms with van der Waals surface area (Å²) in [6.45, 7) is 3.35. The second-order valence-electron chi connectivity index (χ2n) is 8.74. The first-order valence-electron chi connectivity index (χ1n) is 11.9. The number of benzene rings is 3. The standard InChI is InChI=1S/C29H25F3N2O4S/c1-18-14-22(10-13-25(18)37-17-27(35)36)24(15-20-6-4-3-5-7-20)34-38-16-26-19(2)33-28(39-26)21-8-11-23(12-9-21)29(30,31)32/h3-14H,15-17H2,1-2H3,(H,35,36). The number of hydrogen-bond donors (Lipinski definition) is 1. The largest absolute Gasteiger partial charge is 0.482 e. The van der Waals surface area contributed by atoms with Gasteiger partial charge >= 0.3 is 12.1 Å². The molecule has 0 fully saturated rings. The Bertz CT molecular complexity index is 1470. The number of alkyl halides is 3. The van der Waals surface area contributed by atoms with E-state index in [4.69, 9.17) is 14.7 Å². The van der Waals surface area contributed by atoms with Crippen LogP contribution in [0.5, 0.6) is 5.75 Å². The topological polar surface area (TPSA) is 81.0 Å². The molecule has 0 radical (unpaired) electrons. The van der Waals surface area contributed by atoms with Crippen molar-refractivity contribution in [1.82, 2.24) is 4.98 Å². The number of carboxylic acid groups (broad SMARTS) is 1. The average molecular weight is 555 g/mol. The first kappa shape index (κ1) is 27.8. The van der Waals surface area contributed by atoms with Crippen molar-refractivity contribution in [3.8, 4) is 16.3 Å². The van der Waals surface area contributed by atoms with E-state index in [9.17, 15) is 18.0 Å². The van der Waals surface area contributed by atoms with Crippen LogP contribution in [0.3, 0.4) is 0 Å². The molecule has 3 aromatic carbocycles. The molecule has 202 valence electrons. The summed E-state index contributed by atoms with van der Waals surface area (Å²) >= 11 is 1.34. The summed E-state index contributed by atoms with van der Waals surface area (Å²) in [5.41, 5.74) is 3.85. The van der Waals surface area contributed by atoms with Crippen LogP contribution in [0.2, 0.25) is 0 Å². The molecule has 0 aliphatic rings. The fraction of sp³-hybridized carbons (Fsp3) is 0.207. The van der Waals surface area contributed by atoms with E-state index in [2.05, 4.69) is 10.1 Å². The molecule has 1 N–H and O–H groups in total. The number of carbonyl (C=O) groups is 1. The van der Waals surface area contributed by atoms with Gasteiger partial charge in [0, 0.05) is 17.5 Å². The Labute approximate surface area is 227 Å². The second-order valence-corrected chi connectivity index (χ2v) is 9.82. The average Bonchev–Trinajstić information content (AvgIpc) is 3.27. The molecular weight excluding hydrogens is 529 g/mol. The third-order valence-electron chi connectivity index (χ3n) is 5.80. The van der Waals surface area contributed by atoms with Crippen LogP contribution >= 0.6 is 11.3 Å². The van der Waals surface area contributed by atoms with Gasteiger partial charge in [-0.15, -0.1) is 11.3 Å². The van der Waals surface area contributed by atoms with Gasteiger partial charge in [-0.05, 0) is 55.3 Å². The van der Waals surface area contributed by atoms with Crippen LogP contribution in [0.15, 0.2) is 78.0 Å². The van der Waals surface area contributed by atoms with Gasteiger partial charge in [-0.2, -0.15) is 13.2 Å². The van der Waals surface area contributed by atoms with Crippen molar-refractivity contribution in [1.29, 1.82) is 0 Å². The van der Waals surface area contributed by atoms with E-state index < -0.39 is 24.3 Å². The van der Waals surface area contributed by atoms with Gasteiger partial charge in [0.1, 0.15) is 10.8 Å². The number of aryl methyl sites for hydroxylation is 2. The highest BCUT2D eigenvalue weighted by molar-refractivity contribution is 7.15. The maximum absolute atomic E-state index is 12.9.